The lowest BCUT2D eigenvalue weighted by Gasteiger charge is -2.34. The second kappa shape index (κ2) is 8.52. The van der Waals surface area contributed by atoms with Crippen LogP contribution in [0.4, 0.5) is 8.78 Å². The Hall–Kier alpha value is -3.68. The number of likely N-dealkylation sites (tertiary alicyclic amines) is 1. The molecule has 8 heteroatoms. The monoisotopic (exact) mass is 474 g/mol. The summed E-state index contributed by atoms with van der Waals surface area (Å²) in [6.45, 7) is 1.00. The number of carbonyl (C=O) groups excluding carboxylic acids is 2. The molecular formula is C27H24F2N4O2. The number of halogens is 2. The van der Waals surface area contributed by atoms with Crippen molar-refractivity contribution in [2.45, 2.75) is 50.6 Å². The Morgan fingerprint density at radius 2 is 1.69 bits per heavy atom. The third-order valence-electron chi connectivity index (χ3n) is 7.40. The van der Waals surface area contributed by atoms with Crippen LogP contribution in [0.3, 0.4) is 0 Å². The number of hydrogen-bond donors (Lipinski definition) is 1. The van der Waals surface area contributed by atoms with Gasteiger partial charge in [-0.3, -0.25) is 9.59 Å². The van der Waals surface area contributed by atoms with Crippen molar-refractivity contribution in [3.05, 3.63) is 82.2 Å². The summed E-state index contributed by atoms with van der Waals surface area (Å²) in [5.74, 6) is -1.78. The maximum atomic E-state index is 14.4. The van der Waals surface area contributed by atoms with Crippen LogP contribution in [0.25, 0.3) is 11.4 Å². The van der Waals surface area contributed by atoms with Gasteiger partial charge in [-0.2, -0.15) is 0 Å². The van der Waals surface area contributed by atoms with Gasteiger partial charge in [-0.05, 0) is 48.9 Å². The zero-order valence-corrected chi connectivity index (χ0v) is 19.1. The smallest absolute Gasteiger partial charge is 0.255 e. The number of aromatic nitrogens is 2. The highest BCUT2D eigenvalue weighted by atomic mass is 19.1. The molecule has 2 fully saturated rings. The van der Waals surface area contributed by atoms with Gasteiger partial charge < -0.3 is 10.2 Å². The van der Waals surface area contributed by atoms with Crippen molar-refractivity contribution in [3.8, 4) is 11.4 Å². The Kier molecular flexibility index (Phi) is 5.31. The first-order valence-electron chi connectivity index (χ1n) is 12.0. The number of nitrogens with zero attached hydrogens (tertiary/aromatic N) is 3. The molecule has 1 aromatic heterocycles. The summed E-state index contributed by atoms with van der Waals surface area (Å²) in [6, 6.07) is 11.8. The van der Waals surface area contributed by atoms with Gasteiger partial charge in [-0.15, -0.1) is 0 Å². The normalized spacial score (nSPS) is 19.6. The molecule has 6 nitrogen and oxygen atoms in total. The average Bonchev–Trinajstić information content (AvgIpc) is 3.36. The van der Waals surface area contributed by atoms with Gasteiger partial charge in [-0.1, -0.05) is 30.3 Å². The molecule has 178 valence electrons. The molecule has 0 radical (unpaired) electrons. The quantitative estimate of drug-likeness (QED) is 0.604. The maximum Gasteiger partial charge on any atom is 0.255 e. The first-order valence-corrected chi connectivity index (χ1v) is 12.0. The number of fused-ring (bicyclic) bond motifs is 1. The van der Waals surface area contributed by atoms with Gasteiger partial charge in [0.15, 0.2) is 5.82 Å². The fourth-order valence-electron chi connectivity index (χ4n) is 5.29. The van der Waals surface area contributed by atoms with Crippen LogP contribution in [0.2, 0.25) is 0 Å². The standard InChI is InChI=1S/C27H24F2N4O2/c28-19-5-2-6-20(29)23(19)25-31-21(24-22(32-25)14-30-26(24)34)13-15-7-9-16(10-8-15)18-11-12-33(27(18)35)17-3-1-4-17/h2,5-10,17-18H,1,3-4,11-14H2,(H,30,34). The number of amides is 2. The van der Waals surface area contributed by atoms with Crippen LogP contribution in [0.1, 0.15) is 64.5 Å². The Balaban J connectivity index is 1.29. The molecular weight excluding hydrogens is 450 g/mol. The Labute approximate surface area is 201 Å². The number of nitrogens with one attached hydrogen (secondary N) is 1. The number of hydrogen-bond acceptors (Lipinski definition) is 4. The van der Waals surface area contributed by atoms with Gasteiger partial charge in [0.05, 0.1) is 35.0 Å². The lowest BCUT2D eigenvalue weighted by atomic mass is 9.91. The van der Waals surface area contributed by atoms with Crippen molar-refractivity contribution in [2.24, 2.45) is 0 Å². The molecule has 2 aromatic carbocycles. The first kappa shape index (κ1) is 21.8. The summed E-state index contributed by atoms with van der Waals surface area (Å²) in [5.41, 5.74) is 2.78. The van der Waals surface area contributed by atoms with E-state index in [0.29, 0.717) is 29.4 Å². The van der Waals surface area contributed by atoms with E-state index in [1.807, 2.05) is 29.2 Å². The molecule has 2 amide bonds. The Bertz CT molecular complexity index is 1320. The predicted octanol–water partition coefficient (Wildman–Crippen LogP) is 4.12. The fraction of sp³-hybridized carbons (Fsp3) is 0.333. The highest BCUT2D eigenvalue weighted by molar-refractivity contribution is 5.99. The van der Waals surface area contributed by atoms with E-state index in [2.05, 4.69) is 15.3 Å². The summed E-state index contributed by atoms with van der Waals surface area (Å²) >= 11 is 0. The van der Waals surface area contributed by atoms with Gasteiger partial charge >= 0.3 is 0 Å². The highest BCUT2D eigenvalue weighted by Gasteiger charge is 2.38. The average molecular weight is 475 g/mol. The fourth-order valence-corrected chi connectivity index (χ4v) is 5.29. The van der Waals surface area contributed by atoms with Crippen LogP contribution in [0, 0.1) is 11.6 Å². The van der Waals surface area contributed by atoms with Crippen molar-refractivity contribution in [1.82, 2.24) is 20.2 Å². The minimum atomic E-state index is -0.755. The second-order valence-corrected chi connectivity index (χ2v) is 9.47. The summed E-state index contributed by atoms with van der Waals surface area (Å²) in [5, 5.41) is 2.72. The van der Waals surface area contributed by atoms with Crippen molar-refractivity contribution >= 4 is 11.8 Å². The third-order valence-corrected chi connectivity index (χ3v) is 7.40. The zero-order valence-electron chi connectivity index (χ0n) is 19.1. The molecule has 0 spiro atoms. The summed E-state index contributed by atoms with van der Waals surface area (Å²) in [4.78, 5) is 36.1. The van der Waals surface area contributed by atoms with Crippen LogP contribution in [-0.2, 0) is 17.8 Å². The maximum absolute atomic E-state index is 14.4. The molecule has 1 atom stereocenters. The lowest BCUT2D eigenvalue weighted by molar-refractivity contribution is -0.132. The van der Waals surface area contributed by atoms with Gasteiger partial charge in [0.25, 0.3) is 5.91 Å². The van der Waals surface area contributed by atoms with E-state index >= 15 is 0 Å². The van der Waals surface area contributed by atoms with Crippen molar-refractivity contribution in [2.75, 3.05) is 6.54 Å². The summed E-state index contributed by atoms with van der Waals surface area (Å²) < 4.78 is 28.8. The molecule has 3 aliphatic rings. The van der Waals surface area contributed by atoms with Crippen LogP contribution in [-0.4, -0.2) is 39.3 Å². The Morgan fingerprint density at radius 3 is 2.37 bits per heavy atom. The molecule has 1 N–H and O–H groups in total. The minimum absolute atomic E-state index is 0.0740. The van der Waals surface area contributed by atoms with Gasteiger partial charge in [0, 0.05) is 19.0 Å². The zero-order chi connectivity index (χ0) is 24.1. The second-order valence-electron chi connectivity index (χ2n) is 9.47. The highest BCUT2D eigenvalue weighted by Crippen LogP contribution is 2.35. The van der Waals surface area contributed by atoms with E-state index in [0.717, 1.165) is 49.1 Å². The summed E-state index contributed by atoms with van der Waals surface area (Å²) in [6.07, 6.45) is 4.53. The van der Waals surface area contributed by atoms with E-state index in [-0.39, 0.29) is 35.7 Å². The molecule has 3 aromatic rings. The van der Waals surface area contributed by atoms with Crippen LogP contribution in [0.15, 0.2) is 42.5 Å². The lowest BCUT2D eigenvalue weighted by Crippen LogP contribution is -2.41. The van der Waals surface area contributed by atoms with Gasteiger partial charge in [0.2, 0.25) is 5.91 Å². The van der Waals surface area contributed by atoms with Crippen molar-refractivity contribution < 1.29 is 18.4 Å². The third kappa shape index (κ3) is 3.77. The molecule has 1 aliphatic carbocycles. The van der Waals surface area contributed by atoms with Gasteiger partial charge in [0.1, 0.15) is 11.6 Å². The molecule has 6 rings (SSSR count). The topological polar surface area (TPSA) is 75.2 Å². The minimum Gasteiger partial charge on any atom is -0.346 e. The Morgan fingerprint density at radius 1 is 0.943 bits per heavy atom. The van der Waals surface area contributed by atoms with E-state index in [4.69, 9.17) is 0 Å². The first-order chi connectivity index (χ1) is 17.0. The number of benzene rings is 2. The van der Waals surface area contributed by atoms with E-state index in [9.17, 15) is 18.4 Å². The molecule has 1 saturated heterocycles. The molecule has 0 bridgehead atoms. The molecule has 1 unspecified atom stereocenters. The van der Waals surface area contributed by atoms with Crippen LogP contribution < -0.4 is 5.32 Å². The van der Waals surface area contributed by atoms with Crippen LogP contribution >= 0.6 is 0 Å². The van der Waals surface area contributed by atoms with E-state index < -0.39 is 11.6 Å². The summed E-state index contributed by atoms with van der Waals surface area (Å²) in [7, 11) is 0. The van der Waals surface area contributed by atoms with Crippen molar-refractivity contribution in [1.29, 1.82) is 0 Å². The largest absolute Gasteiger partial charge is 0.346 e. The van der Waals surface area contributed by atoms with E-state index in [1.54, 1.807) is 0 Å². The van der Waals surface area contributed by atoms with Crippen LogP contribution in [0.5, 0.6) is 0 Å². The molecule has 2 aliphatic heterocycles. The van der Waals surface area contributed by atoms with E-state index in [1.165, 1.54) is 12.5 Å². The predicted molar refractivity (Wildman–Crippen MR) is 125 cm³/mol. The number of rotatable bonds is 5. The van der Waals surface area contributed by atoms with Crippen molar-refractivity contribution in [3.63, 3.8) is 0 Å². The SMILES string of the molecule is O=C1NCc2nc(-c3c(F)cccc3F)nc(Cc3ccc(C4CCN(C5CCC5)C4=O)cc3)c21. The molecule has 1 saturated carbocycles. The van der Waals surface area contributed by atoms with Gasteiger partial charge in [-0.25, -0.2) is 18.7 Å². The number of carbonyl (C=O) groups is 2. The molecule has 3 heterocycles. The molecule has 35 heavy (non-hydrogen) atoms.